The maximum atomic E-state index is 11.2. The number of hydrogen-bond donors (Lipinski definition) is 2. The van der Waals surface area contributed by atoms with E-state index >= 15 is 0 Å². The van der Waals surface area contributed by atoms with Crippen molar-refractivity contribution in [3.05, 3.63) is 58.6 Å². The van der Waals surface area contributed by atoms with Gasteiger partial charge < -0.3 is 10.2 Å². The molecule has 0 bridgehead atoms. The predicted octanol–water partition coefficient (Wildman–Crippen LogP) is 3.57. The van der Waals surface area contributed by atoms with Crippen LogP contribution in [0.1, 0.15) is 18.1 Å². The highest BCUT2D eigenvalue weighted by Crippen LogP contribution is 2.34. The quantitative estimate of drug-likeness (QED) is 0.713. The first-order valence-corrected chi connectivity index (χ1v) is 10.5. The van der Waals surface area contributed by atoms with Crippen molar-refractivity contribution in [2.24, 2.45) is 0 Å². The van der Waals surface area contributed by atoms with Crippen LogP contribution in [0.3, 0.4) is 0 Å². The molecule has 1 saturated heterocycles. The zero-order chi connectivity index (χ0) is 20.1. The lowest BCUT2D eigenvalue weighted by Crippen LogP contribution is -2.51. The lowest BCUT2D eigenvalue weighted by molar-refractivity contribution is -0.143. The van der Waals surface area contributed by atoms with Crippen LogP contribution in [0.5, 0.6) is 0 Å². The van der Waals surface area contributed by atoms with E-state index in [2.05, 4.69) is 17.0 Å². The van der Waals surface area contributed by atoms with E-state index in [0.717, 1.165) is 48.1 Å². The van der Waals surface area contributed by atoms with Gasteiger partial charge in [-0.3, -0.25) is 14.6 Å². The van der Waals surface area contributed by atoms with Crippen molar-refractivity contribution in [1.29, 1.82) is 0 Å². The van der Waals surface area contributed by atoms with Crippen molar-refractivity contribution < 1.29 is 15.0 Å². The Bertz CT molecular complexity index is 825. The van der Waals surface area contributed by atoms with Crippen LogP contribution in [0.4, 0.5) is 0 Å². The molecule has 7 heteroatoms. The van der Waals surface area contributed by atoms with Crippen LogP contribution in [-0.4, -0.2) is 58.2 Å². The van der Waals surface area contributed by atoms with Crippen LogP contribution in [0.2, 0.25) is 5.02 Å². The molecule has 0 aromatic heterocycles. The van der Waals surface area contributed by atoms with Crippen molar-refractivity contribution in [2.75, 3.05) is 26.2 Å². The molecule has 0 amide bonds. The van der Waals surface area contributed by atoms with E-state index in [9.17, 15) is 15.0 Å². The summed E-state index contributed by atoms with van der Waals surface area (Å²) in [5.74, 6) is -0.766. The fourth-order valence-electron chi connectivity index (χ4n) is 3.33. The molecule has 0 spiro atoms. The van der Waals surface area contributed by atoms with Crippen molar-refractivity contribution in [3.63, 3.8) is 0 Å². The van der Waals surface area contributed by atoms with E-state index in [-0.39, 0.29) is 6.61 Å². The highest BCUT2D eigenvalue weighted by molar-refractivity contribution is 7.99. The number of benzene rings is 2. The molecule has 1 heterocycles. The summed E-state index contributed by atoms with van der Waals surface area (Å²) in [7, 11) is 0. The van der Waals surface area contributed by atoms with E-state index in [1.54, 1.807) is 24.8 Å². The fraction of sp³-hybridized carbons (Fsp3) is 0.381. The Morgan fingerprint density at radius 2 is 1.79 bits per heavy atom. The number of aliphatic hydroxyl groups is 1. The van der Waals surface area contributed by atoms with Gasteiger partial charge in [0.05, 0.1) is 6.61 Å². The molecule has 0 radical (unpaired) electrons. The van der Waals surface area contributed by atoms with Crippen LogP contribution in [-0.2, 0) is 17.9 Å². The number of carboxylic acids is 1. The van der Waals surface area contributed by atoms with Crippen LogP contribution in [0.15, 0.2) is 52.3 Å². The smallest absolute Gasteiger partial charge is 0.320 e. The first-order chi connectivity index (χ1) is 13.5. The standard InChI is InChI=1S/C21H25ClN2O3S/c1-15(21(26)27)24-10-8-23(9-11-24)13-16-4-2-3-5-19(16)28-20-7-6-18(22)12-17(20)14-25/h2-7,12,15,25H,8-11,13-14H2,1H3,(H,26,27). The molecule has 2 aromatic carbocycles. The van der Waals surface area contributed by atoms with Gasteiger partial charge in [0.1, 0.15) is 6.04 Å². The monoisotopic (exact) mass is 420 g/mol. The van der Waals surface area contributed by atoms with Crippen LogP contribution < -0.4 is 0 Å². The first-order valence-electron chi connectivity index (χ1n) is 9.32. The van der Waals surface area contributed by atoms with Gasteiger partial charge in [-0.25, -0.2) is 0 Å². The van der Waals surface area contributed by atoms with Crippen LogP contribution >= 0.6 is 23.4 Å². The topological polar surface area (TPSA) is 64.0 Å². The molecule has 1 aliphatic rings. The molecule has 1 aliphatic heterocycles. The van der Waals surface area contributed by atoms with Gasteiger partial charge in [0.15, 0.2) is 0 Å². The number of aliphatic hydroxyl groups excluding tert-OH is 1. The van der Waals surface area contributed by atoms with Gasteiger partial charge in [-0.1, -0.05) is 41.6 Å². The number of rotatable bonds is 7. The van der Waals surface area contributed by atoms with Gasteiger partial charge in [0.25, 0.3) is 0 Å². The number of carboxylic acid groups (broad SMARTS) is 1. The average molecular weight is 421 g/mol. The molecule has 1 unspecified atom stereocenters. The summed E-state index contributed by atoms with van der Waals surface area (Å²) in [5.41, 5.74) is 2.05. The van der Waals surface area contributed by atoms with E-state index in [4.69, 9.17) is 11.6 Å². The highest BCUT2D eigenvalue weighted by atomic mass is 35.5. The highest BCUT2D eigenvalue weighted by Gasteiger charge is 2.25. The van der Waals surface area contributed by atoms with E-state index < -0.39 is 12.0 Å². The zero-order valence-corrected chi connectivity index (χ0v) is 17.4. The maximum absolute atomic E-state index is 11.2. The lowest BCUT2D eigenvalue weighted by Gasteiger charge is -2.36. The molecule has 2 aromatic rings. The average Bonchev–Trinajstić information content (AvgIpc) is 2.70. The molecule has 28 heavy (non-hydrogen) atoms. The summed E-state index contributed by atoms with van der Waals surface area (Å²) in [6.45, 7) is 5.73. The Morgan fingerprint density at radius 3 is 2.46 bits per heavy atom. The molecule has 1 fully saturated rings. The predicted molar refractivity (Wildman–Crippen MR) is 112 cm³/mol. The minimum Gasteiger partial charge on any atom is -0.480 e. The molecule has 5 nitrogen and oxygen atoms in total. The van der Waals surface area contributed by atoms with Gasteiger partial charge >= 0.3 is 5.97 Å². The van der Waals surface area contributed by atoms with Crippen molar-refractivity contribution in [2.45, 2.75) is 35.9 Å². The Kier molecular flexibility index (Phi) is 7.37. The first kappa shape index (κ1) is 21.1. The molecular weight excluding hydrogens is 396 g/mol. The van der Waals surface area contributed by atoms with Crippen molar-refractivity contribution in [1.82, 2.24) is 9.80 Å². The minimum atomic E-state index is -0.766. The number of aliphatic carboxylic acids is 1. The summed E-state index contributed by atoms with van der Waals surface area (Å²) in [4.78, 5) is 17.7. The summed E-state index contributed by atoms with van der Waals surface area (Å²) in [6, 6.07) is 13.4. The van der Waals surface area contributed by atoms with E-state index in [1.165, 1.54) is 5.56 Å². The minimum absolute atomic E-state index is 0.0468. The van der Waals surface area contributed by atoms with Crippen molar-refractivity contribution in [3.8, 4) is 0 Å². The lowest BCUT2D eigenvalue weighted by atomic mass is 10.2. The number of carbonyl (C=O) groups is 1. The number of nitrogens with zero attached hydrogens (tertiary/aromatic N) is 2. The fourth-order valence-corrected chi connectivity index (χ4v) is 4.56. The summed E-state index contributed by atoms with van der Waals surface area (Å²) < 4.78 is 0. The molecule has 150 valence electrons. The summed E-state index contributed by atoms with van der Waals surface area (Å²) >= 11 is 7.68. The van der Waals surface area contributed by atoms with Crippen LogP contribution in [0.25, 0.3) is 0 Å². The maximum Gasteiger partial charge on any atom is 0.320 e. The zero-order valence-electron chi connectivity index (χ0n) is 15.8. The van der Waals surface area contributed by atoms with E-state index in [1.807, 2.05) is 29.2 Å². The second-order valence-electron chi connectivity index (χ2n) is 6.95. The van der Waals surface area contributed by atoms with Gasteiger partial charge in [-0.05, 0) is 42.3 Å². The molecular formula is C21H25ClN2O3S. The third-order valence-corrected chi connectivity index (χ3v) is 6.56. The second kappa shape index (κ2) is 9.76. The SMILES string of the molecule is CC(C(=O)O)N1CCN(Cc2ccccc2Sc2ccc(Cl)cc2CO)CC1. The van der Waals surface area contributed by atoms with E-state index in [0.29, 0.717) is 5.02 Å². The van der Waals surface area contributed by atoms with Crippen LogP contribution in [0, 0.1) is 0 Å². The van der Waals surface area contributed by atoms with Gasteiger partial charge in [0.2, 0.25) is 0 Å². The number of hydrogen-bond acceptors (Lipinski definition) is 5. The Hall–Kier alpha value is -1.57. The third kappa shape index (κ3) is 5.27. The molecule has 0 saturated carbocycles. The molecule has 0 aliphatic carbocycles. The van der Waals surface area contributed by atoms with Gasteiger partial charge in [-0.15, -0.1) is 0 Å². The second-order valence-corrected chi connectivity index (χ2v) is 8.47. The summed E-state index contributed by atoms with van der Waals surface area (Å²) in [5, 5.41) is 19.4. The Balaban J connectivity index is 1.68. The normalized spacial score (nSPS) is 16.8. The molecule has 1 atom stereocenters. The number of halogens is 1. The van der Waals surface area contributed by atoms with Gasteiger partial charge in [-0.2, -0.15) is 0 Å². The number of piperazine rings is 1. The third-order valence-electron chi connectivity index (χ3n) is 5.09. The van der Waals surface area contributed by atoms with Gasteiger partial charge in [0, 0.05) is 47.5 Å². The Morgan fingerprint density at radius 1 is 1.11 bits per heavy atom. The van der Waals surface area contributed by atoms with Crippen molar-refractivity contribution >= 4 is 29.3 Å². The molecule has 3 rings (SSSR count). The molecule has 2 N–H and O–H groups in total. The summed E-state index contributed by atoms with van der Waals surface area (Å²) in [6.07, 6.45) is 0. The Labute approximate surface area is 174 Å². The largest absolute Gasteiger partial charge is 0.480 e.